The zero-order valence-corrected chi connectivity index (χ0v) is 18.7. The van der Waals surface area contributed by atoms with Gasteiger partial charge in [0, 0.05) is 27.9 Å². The Hall–Kier alpha value is -2.64. The number of hydrogen-bond acceptors (Lipinski definition) is 8. The number of rotatable bonds is 13. The molecule has 0 aromatic heterocycles. The number of halogens is 1. The maximum atomic E-state index is 12.3. The smallest absolute Gasteiger partial charge is 0.322 e. The van der Waals surface area contributed by atoms with Crippen LogP contribution in [0.4, 0.5) is 5.69 Å². The van der Waals surface area contributed by atoms with E-state index in [0.717, 1.165) is 11.8 Å². The standard InChI is InChI=1S/C18H23BrN4O7S/c19-10-2-1-9(5-12(10)21)14(24)8-31-7-13(17(28)22-6-16(26)27)23-15(25)4-3-11(20)18(29)30/h1-2,5,11,13H,3-4,6-8,20-21H2,(H,22,28)(H,23,25)(H,26,27)(H,29,30). The molecule has 0 aliphatic heterocycles. The van der Waals surface area contributed by atoms with Gasteiger partial charge in [-0.15, -0.1) is 0 Å². The van der Waals surface area contributed by atoms with Crippen molar-refractivity contribution in [3.63, 3.8) is 0 Å². The molecule has 170 valence electrons. The predicted octanol–water partition coefficient (Wildman–Crippen LogP) is -0.175. The molecular formula is C18H23BrN4O7S. The Kier molecular flexibility index (Phi) is 11.0. The van der Waals surface area contributed by atoms with Crippen LogP contribution in [0.5, 0.6) is 0 Å². The molecule has 0 radical (unpaired) electrons. The number of benzene rings is 1. The molecule has 1 aromatic carbocycles. The van der Waals surface area contributed by atoms with Crippen LogP contribution in [-0.4, -0.2) is 69.9 Å². The first-order chi connectivity index (χ1) is 14.5. The van der Waals surface area contributed by atoms with Gasteiger partial charge in [-0.1, -0.05) is 6.07 Å². The number of ketones is 1. The molecule has 13 heteroatoms. The van der Waals surface area contributed by atoms with Crippen LogP contribution in [-0.2, 0) is 19.2 Å². The van der Waals surface area contributed by atoms with Crippen molar-refractivity contribution in [3.05, 3.63) is 28.2 Å². The van der Waals surface area contributed by atoms with Gasteiger partial charge in [-0.25, -0.2) is 0 Å². The summed E-state index contributed by atoms with van der Waals surface area (Å²) in [4.78, 5) is 58.0. The number of nitrogens with two attached hydrogens (primary N) is 2. The van der Waals surface area contributed by atoms with E-state index in [0.29, 0.717) is 15.7 Å². The fourth-order valence-corrected chi connectivity index (χ4v) is 3.40. The Morgan fingerprint density at radius 1 is 1.16 bits per heavy atom. The third-order valence-corrected chi connectivity index (χ3v) is 5.66. The third-order valence-electron chi connectivity index (χ3n) is 3.90. The number of carboxylic acids is 2. The number of Topliss-reactive ketones (excluding diaryl/α,β-unsaturated/α-hetero) is 1. The molecule has 11 nitrogen and oxygen atoms in total. The zero-order valence-electron chi connectivity index (χ0n) is 16.3. The molecule has 0 bridgehead atoms. The lowest BCUT2D eigenvalue weighted by Gasteiger charge is -2.18. The predicted molar refractivity (Wildman–Crippen MR) is 118 cm³/mol. The SMILES string of the molecule is Nc1cc(C(=O)CSCC(NC(=O)CCC(N)C(=O)O)C(=O)NCC(=O)O)ccc1Br. The van der Waals surface area contributed by atoms with Crippen molar-refractivity contribution in [2.45, 2.75) is 24.9 Å². The first kappa shape index (κ1) is 26.4. The summed E-state index contributed by atoms with van der Waals surface area (Å²) in [5.41, 5.74) is 11.9. The first-order valence-corrected chi connectivity index (χ1v) is 10.9. The topological polar surface area (TPSA) is 202 Å². The van der Waals surface area contributed by atoms with Crippen LogP contribution in [0.1, 0.15) is 23.2 Å². The Bertz CT molecular complexity index is 852. The van der Waals surface area contributed by atoms with Crippen molar-refractivity contribution in [2.75, 3.05) is 23.8 Å². The lowest BCUT2D eigenvalue weighted by atomic mass is 10.1. The fourth-order valence-electron chi connectivity index (χ4n) is 2.22. The maximum absolute atomic E-state index is 12.3. The highest BCUT2D eigenvalue weighted by Crippen LogP contribution is 2.21. The molecule has 0 aliphatic carbocycles. The number of hydrogen-bond donors (Lipinski definition) is 6. The number of thioether (sulfide) groups is 1. The van der Waals surface area contributed by atoms with Gasteiger partial charge in [0.15, 0.2) is 5.78 Å². The van der Waals surface area contributed by atoms with Crippen molar-refractivity contribution in [3.8, 4) is 0 Å². The minimum absolute atomic E-state index is 0.0104. The summed E-state index contributed by atoms with van der Waals surface area (Å²) >= 11 is 4.30. The number of nitrogen functional groups attached to an aromatic ring is 1. The minimum Gasteiger partial charge on any atom is -0.480 e. The molecule has 31 heavy (non-hydrogen) atoms. The summed E-state index contributed by atoms with van der Waals surface area (Å²) in [6.07, 6.45) is -0.376. The van der Waals surface area contributed by atoms with E-state index in [1.807, 2.05) is 0 Å². The molecule has 0 fully saturated rings. The van der Waals surface area contributed by atoms with Crippen LogP contribution >= 0.6 is 27.7 Å². The Balaban J connectivity index is 2.68. The van der Waals surface area contributed by atoms with Gasteiger partial charge >= 0.3 is 11.9 Å². The second-order valence-corrected chi connectivity index (χ2v) is 8.27. The average Bonchev–Trinajstić information content (AvgIpc) is 2.71. The second kappa shape index (κ2) is 12.9. The quantitative estimate of drug-likeness (QED) is 0.150. The Morgan fingerprint density at radius 3 is 2.42 bits per heavy atom. The summed E-state index contributed by atoms with van der Waals surface area (Å²) in [5.74, 6) is -4.16. The highest BCUT2D eigenvalue weighted by molar-refractivity contribution is 9.10. The highest BCUT2D eigenvalue weighted by Gasteiger charge is 2.23. The molecule has 2 unspecified atom stereocenters. The molecule has 0 heterocycles. The zero-order chi connectivity index (χ0) is 23.6. The van der Waals surface area contributed by atoms with Gasteiger partial charge in [0.2, 0.25) is 11.8 Å². The fraction of sp³-hybridized carbons (Fsp3) is 0.389. The van der Waals surface area contributed by atoms with Gasteiger partial charge in [0.05, 0.1) is 5.75 Å². The van der Waals surface area contributed by atoms with Crippen molar-refractivity contribution < 1.29 is 34.2 Å². The summed E-state index contributed by atoms with van der Waals surface area (Å²) in [7, 11) is 0. The monoisotopic (exact) mass is 518 g/mol. The maximum Gasteiger partial charge on any atom is 0.322 e. The number of anilines is 1. The van der Waals surface area contributed by atoms with Crippen molar-refractivity contribution >= 4 is 62.9 Å². The van der Waals surface area contributed by atoms with Crippen molar-refractivity contribution in [2.24, 2.45) is 5.73 Å². The molecule has 0 saturated carbocycles. The Labute approximate surface area is 190 Å². The van der Waals surface area contributed by atoms with E-state index in [1.165, 1.54) is 6.07 Å². The minimum atomic E-state index is -1.26. The van der Waals surface area contributed by atoms with E-state index >= 15 is 0 Å². The average molecular weight is 519 g/mol. The number of aliphatic carboxylic acids is 2. The van der Waals surface area contributed by atoms with E-state index < -0.39 is 42.4 Å². The van der Waals surface area contributed by atoms with Gasteiger partial charge in [-0.2, -0.15) is 11.8 Å². The number of carboxylic acid groups (broad SMARTS) is 2. The number of amides is 2. The molecule has 2 atom stereocenters. The molecule has 1 aromatic rings. The van der Waals surface area contributed by atoms with Crippen LogP contribution < -0.4 is 22.1 Å². The van der Waals surface area contributed by atoms with Crippen molar-refractivity contribution in [1.82, 2.24) is 10.6 Å². The van der Waals surface area contributed by atoms with Crippen LogP contribution in [0.15, 0.2) is 22.7 Å². The van der Waals surface area contributed by atoms with Crippen LogP contribution in [0, 0.1) is 0 Å². The van der Waals surface area contributed by atoms with Crippen LogP contribution in [0.25, 0.3) is 0 Å². The Morgan fingerprint density at radius 2 is 1.84 bits per heavy atom. The molecule has 0 aliphatic rings. The van der Waals surface area contributed by atoms with E-state index in [2.05, 4.69) is 26.6 Å². The summed E-state index contributed by atoms with van der Waals surface area (Å²) in [6.45, 7) is -0.642. The van der Waals surface area contributed by atoms with Gasteiger partial charge in [0.1, 0.15) is 18.6 Å². The summed E-state index contributed by atoms with van der Waals surface area (Å²) in [5, 5.41) is 22.0. The van der Waals surface area contributed by atoms with E-state index in [-0.39, 0.29) is 30.1 Å². The summed E-state index contributed by atoms with van der Waals surface area (Å²) < 4.78 is 0.650. The van der Waals surface area contributed by atoms with E-state index in [1.54, 1.807) is 12.1 Å². The number of carbonyl (C=O) groups excluding carboxylic acids is 3. The number of nitrogens with one attached hydrogen (secondary N) is 2. The van der Waals surface area contributed by atoms with Crippen molar-refractivity contribution in [1.29, 1.82) is 0 Å². The van der Waals surface area contributed by atoms with E-state index in [9.17, 15) is 24.0 Å². The molecule has 0 spiro atoms. The first-order valence-electron chi connectivity index (χ1n) is 8.94. The van der Waals surface area contributed by atoms with Crippen LogP contribution in [0.2, 0.25) is 0 Å². The highest BCUT2D eigenvalue weighted by atomic mass is 79.9. The summed E-state index contributed by atoms with van der Waals surface area (Å²) in [6, 6.07) is 2.39. The van der Waals surface area contributed by atoms with Gasteiger partial charge in [-0.05, 0) is 34.5 Å². The van der Waals surface area contributed by atoms with Gasteiger partial charge in [-0.3, -0.25) is 24.0 Å². The molecule has 0 saturated heterocycles. The lowest BCUT2D eigenvalue weighted by Crippen LogP contribution is -2.49. The molecular weight excluding hydrogens is 496 g/mol. The van der Waals surface area contributed by atoms with Gasteiger partial charge < -0.3 is 32.3 Å². The second-order valence-electron chi connectivity index (χ2n) is 6.39. The molecule has 2 amide bonds. The van der Waals surface area contributed by atoms with Gasteiger partial charge in [0.25, 0.3) is 0 Å². The third kappa shape index (κ3) is 9.81. The molecule has 1 rings (SSSR count). The number of carbonyl (C=O) groups is 5. The lowest BCUT2D eigenvalue weighted by molar-refractivity contribution is -0.139. The normalized spacial score (nSPS) is 12.5. The molecule has 8 N–H and O–H groups in total. The largest absolute Gasteiger partial charge is 0.480 e. The van der Waals surface area contributed by atoms with Crippen LogP contribution in [0.3, 0.4) is 0 Å². The van der Waals surface area contributed by atoms with E-state index in [4.69, 9.17) is 21.7 Å².